The zero-order valence-corrected chi connectivity index (χ0v) is 76.4. The highest BCUT2D eigenvalue weighted by molar-refractivity contribution is 7.82. The zero-order chi connectivity index (χ0) is 98.4. The number of H-pyrrole nitrogens is 1. The maximum atomic E-state index is 15.7. The Morgan fingerprint density at radius 1 is 0.444 bits per heavy atom. The molecular weight excluding hydrogens is 1760 g/mol. The number of thiol groups is 2. The predicted molar refractivity (Wildman–Crippen MR) is 493 cm³/mol. The summed E-state index contributed by atoms with van der Waals surface area (Å²) in [4.78, 5) is 268. The molecule has 0 unspecified atom stereocenters. The normalized spacial score (nSPS) is 15.3. The molecule has 0 spiro atoms. The number of carbonyl (C=O) groups excluding carboxylic acids is 19. The first kappa shape index (κ1) is 106. The molecule has 718 valence electrons. The molecule has 44 heteroatoms. The fourth-order valence-electron chi connectivity index (χ4n) is 15.0. The number of benzene rings is 5. The van der Waals surface area contributed by atoms with E-state index in [1.54, 1.807) is 109 Å². The number of hydrogen-bond donors (Lipinski definition) is 24. The second-order valence-corrected chi connectivity index (χ2v) is 36.1. The Labute approximate surface area is 777 Å². The molecule has 13 atom stereocenters. The van der Waals surface area contributed by atoms with Crippen molar-refractivity contribution < 1.29 is 101 Å². The van der Waals surface area contributed by atoms with Crippen molar-refractivity contribution in [2.75, 3.05) is 13.7 Å². The van der Waals surface area contributed by atoms with E-state index < -0.39 is 245 Å². The number of ether oxygens (including phenoxy) is 1. The summed E-state index contributed by atoms with van der Waals surface area (Å²) in [5, 5.41) is 48.9. The van der Waals surface area contributed by atoms with Crippen molar-refractivity contribution in [3.63, 3.8) is 0 Å². The number of para-hydroxylation sites is 1. The van der Waals surface area contributed by atoms with Gasteiger partial charge in [-0.05, 0) is 118 Å². The number of fused-ring (bicyclic) bond motifs is 2. The SMILES string of the molecule is COc1ccc(C[C@H](NC(=O)[C@@H](NC(=O)[C@H](CCC(N)=O)NC(=O)[C@H](Cc2c[nH]c3ccccc23)NC(=O)[C@@H](NC(=O)[C@H](CC(N)=O)NC(=O)[C@@H](NC(=O)[C@@H](Cc2ccccc2)NC(C)=O)C(C)(C)S)[C@@H](C)O)C(C)(C)S)C(=O)N[C@@H](Cc2ccc3ccccc3c2)C(=O)NC2(C(=O)N[C@@H](CCCNC(N)=O)C(=O)N[C@@H](CC(N)=O)C(=O)N[C@@H](CC(N)=O)C(N)=O)CCCCC2)cc1. The number of urea groups is 1. The Morgan fingerprint density at radius 3 is 1.43 bits per heavy atom. The molecular formula is C89H119N21O21S2. The van der Waals surface area contributed by atoms with Crippen molar-refractivity contribution in [3.05, 3.63) is 150 Å². The third kappa shape index (κ3) is 33.2. The van der Waals surface area contributed by atoms with E-state index in [4.69, 9.17) is 51.8 Å². The van der Waals surface area contributed by atoms with Gasteiger partial charge in [-0.25, -0.2) is 4.79 Å². The van der Waals surface area contributed by atoms with Gasteiger partial charge in [-0.15, -0.1) is 0 Å². The number of methoxy groups -OCH3 is 1. The molecule has 7 rings (SSSR count). The van der Waals surface area contributed by atoms with Gasteiger partial charge in [-0.3, -0.25) is 86.3 Å². The van der Waals surface area contributed by atoms with Crippen molar-refractivity contribution >= 4 is 159 Å². The molecule has 0 bridgehead atoms. The number of hydrogen-bond acceptors (Lipinski definition) is 23. The molecule has 1 fully saturated rings. The molecule has 0 saturated heterocycles. The fourth-order valence-corrected chi connectivity index (χ4v) is 15.3. The number of aliphatic hydroxyl groups excluding tert-OH is 1. The lowest BCUT2D eigenvalue weighted by atomic mass is 9.80. The van der Waals surface area contributed by atoms with Crippen LogP contribution in [0, 0.1) is 0 Å². The largest absolute Gasteiger partial charge is 0.497 e. The Morgan fingerprint density at radius 2 is 0.880 bits per heavy atom. The number of carbonyl (C=O) groups is 19. The van der Waals surface area contributed by atoms with Gasteiger partial charge in [-0.1, -0.05) is 122 Å². The molecule has 6 aromatic rings. The Balaban J connectivity index is 1.20. The van der Waals surface area contributed by atoms with E-state index in [1.807, 2.05) is 12.1 Å². The summed E-state index contributed by atoms with van der Waals surface area (Å²) in [6, 6.07) is 12.4. The van der Waals surface area contributed by atoms with Crippen LogP contribution >= 0.6 is 25.3 Å². The minimum absolute atomic E-state index is 0.0185. The molecule has 5 aromatic carbocycles. The van der Waals surface area contributed by atoms with Crippen LogP contribution in [0.25, 0.3) is 21.7 Å². The molecule has 133 heavy (non-hydrogen) atoms. The van der Waals surface area contributed by atoms with E-state index in [0.717, 1.165) is 12.3 Å². The highest BCUT2D eigenvalue weighted by atomic mass is 32.1. The van der Waals surface area contributed by atoms with Crippen LogP contribution in [0.5, 0.6) is 5.75 Å². The van der Waals surface area contributed by atoms with Gasteiger partial charge in [0.05, 0.1) is 32.5 Å². The molecule has 1 heterocycles. The number of nitrogens with one attached hydrogen (secondary N) is 15. The summed E-state index contributed by atoms with van der Waals surface area (Å²) in [5.41, 5.74) is 33.4. The number of nitrogens with two attached hydrogens (primary N) is 6. The van der Waals surface area contributed by atoms with E-state index in [0.29, 0.717) is 63.6 Å². The summed E-state index contributed by atoms with van der Waals surface area (Å²) in [5.74, 6) is -18.8. The predicted octanol–water partition coefficient (Wildman–Crippen LogP) is -3.12. The lowest BCUT2D eigenvalue weighted by Gasteiger charge is -2.39. The standard InChI is InChI=1S/C89H119N21O21S2/c1-46(111)70(107-79(123)65(44-69(93)116)105-84(128)72(88(5,6)133)109-80(124)60(98-47(2)112)38-48-19-10-8-11-20-48)82(126)103-63(41-53-45-97-56-24-15-14-23-55(53)56)77(121)99-58(32-33-66(90)113)75(119)108-71(87(3,4)132)83(127)104-61(39-49-27-30-54(131-7)31-28-49)76(120)101-62(40-50-26-29-51-21-12-13-22-52(51)37-50)81(125)110-89(34-16-9-17-35-89)85(129)106-57(25-18-36-96-86(95)130)74(118)102-64(43-68(92)115)78(122)100-59(73(94)117)42-67(91)114/h8,10-15,19-24,26-31,37,45-46,57-65,70-72,97,111,132-133H,9,16-18,25,32-36,38-44H2,1-7H3,(H2,90,113)(H2,91,114)(H2,92,115)(H2,93,116)(H2,94,117)(H,98,112)(H,99,121)(H,100,122)(H,101,120)(H,102,118)(H,103,126)(H,104,127)(H,105,128)(H,106,129)(H,107,123)(H,108,119)(H,109,124)(H,110,125)(H3,95,96,130)/t46-,57+,58+,59+,60-,61+,62+,63+,64+,65+,70+,71-,72-/m1/s1. The van der Waals surface area contributed by atoms with Crippen LogP contribution in [0.2, 0.25) is 0 Å². The van der Waals surface area contributed by atoms with Gasteiger partial charge < -0.3 is 124 Å². The molecule has 1 aliphatic carbocycles. The maximum absolute atomic E-state index is 15.7. The zero-order valence-electron chi connectivity index (χ0n) is 74.6. The minimum Gasteiger partial charge on any atom is -0.497 e. The number of aliphatic hydroxyl groups is 1. The van der Waals surface area contributed by atoms with E-state index in [9.17, 15) is 67.4 Å². The minimum atomic E-state index is -2.04. The van der Waals surface area contributed by atoms with E-state index in [2.05, 4.69) is 92.0 Å². The third-order valence-corrected chi connectivity index (χ3v) is 22.5. The number of rotatable bonds is 51. The van der Waals surface area contributed by atoms with Gasteiger partial charge in [0, 0.05) is 72.2 Å². The van der Waals surface area contributed by atoms with Gasteiger partial charge in [-0.2, -0.15) is 25.3 Å². The molecule has 20 amide bonds. The third-order valence-electron chi connectivity index (χ3n) is 21.9. The molecule has 28 N–H and O–H groups in total. The van der Waals surface area contributed by atoms with Gasteiger partial charge in [0.2, 0.25) is 106 Å². The van der Waals surface area contributed by atoms with E-state index in [-0.39, 0.29) is 51.5 Å². The lowest BCUT2D eigenvalue weighted by Crippen LogP contribution is -2.66. The molecule has 1 aliphatic rings. The molecule has 0 radical (unpaired) electrons. The van der Waals surface area contributed by atoms with Crippen molar-refractivity contribution in [2.24, 2.45) is 34.4 Å². The monoisotopic (exact) mass is 1880 g/mol. The highest BCUT2D eigenvalue weighted by Crippen LogP contribution is 2.31. The second-order valence-electron chi connectivity index (χ2n) is 33.8. The van der Waals surface area contributed by atoms with Gasteiger partial charge in [0.25, 0.3) is 0 Å². The Bertz CT molecular complexity index is 5230. The molecule has 42 nitrogen and oxygen atoms in total. The summed E-state index contributed by atoms with van der Waals surface area (Å²) >= 11 is 9.31. The fraction of sp³-hybridized carbons (Fsp3) is 0.449. The van der Waals surface area contributed by atoms with Crippen LogP contribution in [-0.4, -0.2) is 230 Å². The lowest BCUT2D eigenvalue weighted by molar-refractivity contribution is -0.139. The van der Waals surface area contributed by atoms with Crippen LogP contribution in [0.1, 0.15) is 141 Å². The summed E-state index contributed by atoms with van der Waals surface area (Å²) in [7, 11) is 1.41. The smallest absolute Gasteiger partial charge is 0.312 e. The molecule has 1 saturated carbocycles. The first-order chi connectivity index (χ1) is 62.6. The number of aromatic amines is 1. The summed E-state index contributed by atoms with van der Waals surface area (Å²) in [6.07, 6.45) is -4.51. The van der Waals surface area contributed by atoms with Crippen LogP contribution in [-0.2, 0) is 112 Å². The van der Waals surface area contributed by atoms with Crippen LogP contribution in [0.4, 0.5) is 4.79 Å². The van der Waals surface area contributed by atoms with Gasteiger partial charge in [0.1, 0.15) is 83.8 Å². The number of amides is 20. The molecule has 1 aromatic heterocycles. The topological polar surface area (TPSA) is 694 Å². The van der Waals surface area contributed by atoms with E-state index in [1.165, 1.54) is 47.9 Å². The Hall–Kier alpha value is -13.9. The number of primary amides is 6. The van der Waals surface area contributed by atoms with Crippen LogP contribution in [0.15, 0.2) is 128 Å². The van der Waals surface area contributed by atoms with Crippen molar-refractivity contribution in [2.45, 2.75) is 238 Å². The van der Waals surface area contributed by atoms with Crippen LogP contribution in [0.3, 0.4) is 0 Å². The van der Waals surface area contributed by atoms with Crippen molar-refractivity contribution in [3.8, 4) is 5.75 Å². The molecule has 0 aliphatic heterocycles. The average molecular weight is 1880 g/mol. The number of aromatic nitrogens is 1. The highest BCUT2D eigenvalue weighted by Gasteiger charge is 2.47. The maximum Gasteiger partial charge on any atom is 0.312 e. The van der Waals surface area contributed by atoms with Gasteiger partial charge >= 0.3 is 6.03 Å². The summed E-state index contributed by atoms with van der Waals surface area (Å²) in [6.45, 7) is 7.85. The van der Waals surface area contributed by atoms with Crippen molar-refractivity contribution in [1.29, 1.82) is 0 Å². The summed E-state index contributed by atoms with van der Waals surface area (Å²) < 4.78 is 2.34. The van der Waals surface area contributed by atoms with E-state index >= 15 is 28.8 Å². The second kappa shape index (κ2) is 49.4. The quantitative estimate of drug-likeness (QED) is 0.0133. The van der Waals surface area contributed by atoms with Crippen molar-refractivity contribution in [1.82, 2.24) is 79.4 Å². The first-order valence-corrected chi connectivity index (χ1v) is 43.8. The Kier molecular flexibility index (Phi) is 39.4. The van der Waals surface area contributed by atoms with Crippen LogP contribution < -0.4 is 114 Å². The first-order valence-electron chi connectivity index (χ1n) is 42.9. The van der Waals surface area contributed by atoms with Gasteiger partial charge in [0.15, 0.2) is 0 Å². The average Bonchev–Trinajstić information content (AvgIpc) is 1.72.